The average Bonchev–Trinajstić information content (AvgIpc) is 3.02. The average molecular weight is 1270 g/mol. The van der Waals surface area contributed by atoms with Gasteiger partial charge in [0.05, 0.1) is 55.8 Å². The van der Waals surface area contributed by atoms with E-state index in [2.05, 4.69) is 52.8 Å². The van der Waals surface area contributed by atoms with E-state index in [9.17, 15) is 67.7 Å². The third-order valence-corrected chi connectivity index (χ3v) is 17.3. The molecule has 506 valence electrons. The van der Waals surface area contributed by atoms with Crippen LogP contribution in [0.3, 0.4) is 0 Å². The lowest BCUT2D eigenvalue weighted by Gasteiger charge is -2.30. The zero-order valence-corrected chi connectivity index (χ0v) is 54.9. The number of ketones is 3. The molecular formula is C63H104N12O15. The first-order valence-electron chi connectivity index (χ1n) is 31.6. The van der Waals surface area contributed by atoms with Crippen LogP contribution in [0.4, 0.5) is 0 Å². The lowest BCUT2D eigenvalue weighted by atomic mass is 9.82. The Balaban J connectivity index is 0.000000819. The van der Waals surface area contributed by atoms with Crippen molar-refractivity contribution in [1.82, 2.24) is 47.9 Å². The van der Waals surface area contributed by atoms with E-state index in [-0.39, 0.29) is 79.8 Å². The second kappa shape index (κ2) is 39.7. The van der Waals surface area contributed by atoms with Crippen molar-refractivity contribution >= 4 is 76.5 Å². The van der Waals surface area contributed by atoms with Crippen molar-refractivity contribution in [3.05, 3.63) is 35.9 Å². The molecule has 1 fully saturated rings. The Bertz CT molecular complexity index is 2610. The van der Waals surface area contributed by atoms with Crippen molar-refractivity contribution in [2.45, 2.75) is 201 Å². The van der Waals surface area contributed by atoms with Gasteiger partial charge >= 0.3 is 5.97 Å². The van der Waals surface area contributed by atoms with Crippen LogP contribution >= 0.6 is 0 Å². The maximum atomic E-state index is 14.0. The minimum atomic E-state index is -1.64. The van der Waals surface area contributed by atoms with Gasteiger partial charge in [-0.15, -0.1) is 0 Å². The van der Waals surface area contributed by atoms with Gasteiger partial charge in [0.2, 0.25) is 47.3 Å². The third-order valence-electron chi connectivity index (χ3n) is 17.3. The van der Waals surface area contributed by atoms with Crippen molar-refractivity contribution in [3.63, 3.8) is 0 Å². The van der Waals surface area contributed by atoms with Gasteiger partial charge in [-0.1, -0.05) is 118 Å². The van der Waals surface area contributed by atoms with Crippen molar-refractivity contribution in [2.75, 3.05) is 33.9 Å². The molecule has 0 radical (unpaired) electrons. The first-order chi connectivity index (χ1) is 42.4. The van der Waals surface area contributed by atoms with Crippen molar-refractivity contribution in [1.29, 1.82) is 0 Å². The number of aliphatic hydroxyl groups excluding tert-OH is 2. The Morgan fingerprint density at radius 2 is 1.23 bits per heavy atom. The Kier molecular flexibility index (Phi) is 34.7. The van der Waals surface area contributed by atoms with Crippen LogP contribution in [0.25, 0.3) is 0 Å². The molecule has 15 N–H and O–H groups in total. The summed E-state index contributed by atoms with van der Waals surface area (Å²) in [6.45, 7) is 17.9. The van der Waals surface area contributed by atoms with E-state index in [1.54, 1.807) is 34.7 Å². The number of primary amides is 1. The fraction of sp³-hybridized carbons (Fsp3) is 0.698. The summed E-state index contributed by atoms with van der Waals surface area (Å²) in [5, 5.41) is 44.2. The Morgan fingerprint density at radius 1 is 0.678 bits per heavy atom. The third kappa shape index (κ3) is 25.1. The number of cyclic esters (lactones) is 1. The van der Waals surface area contributed by atoms with E-state index in [0.717, 1.165) is 5.56 Å². The molecule has 17 atom stereocenters. The molecule has 0 aromatic heterocycles. The molecule has 0 unspecified atom stereocenters. The number of carbonyl (C=O) groups is 12. The van der Waals surface area contributed by atoms with Crippen LogP contribution in [-0.2, 0) is 68.7 Å². The predicted octanol–water partition coefficient (Wildman–Crippen LogP) is -0.103. The maximum Gasteiger partial charge on any atom is 0.329 e. The number of guanidine groups is 1. The highest BCUT2D eigenvalue weighted by Crippen LogP contribution is 2.25. The molecule has 3 rings (SSSR count). The number of amides is 8. The Morgan fingerprint density at radius 3 is 1.72 bits per heavy atom. The molecule has 2 aliphatic rings. The zero-order valence-electron chi connectivity index (χ0n) is 54.9. The number of nitrogens with two attached hydrogens (primary N) is 2. The van der Waals surface area contributed by atoms with Gasteiger partial charge in [0.1, 0.15) is 36.1 Å². The number of carbonyl (C=O) groups excluding carboxylic acids is 12. The summed E-state index contributed by atoms with van der Waals surface area (Å²) in [6, 6.07) is 1.66. The summed E-state index contributed by atoms with van der Waals surface area (Å²) in [6.07, 6.45) is 0.742. The number of hydrogen-bond donors (Lipinski definition) is 13. The number of benzene rings is 1. The first-order valence-corrected chi connectivity index (χ1v) is 31.6. The van der Waals surface area contributed by atoms with Gasteiger partial charge in [-0.2, -0.15) is 0 Å². The van der Waals surface area contributed by atoms with Gasteiger partial charge in [-0.05, 0) is 69.4 Å². The number of aliphatic hydroxyl groups is 2. The van der Waals surface area contributed by atoms with Crippen molar-refractivity contribution in [2.24, 2.45) is 63.8 Å². The lowest BCUT2D eigenvalue weighted by molar-refractivity contribution is -0.157. The topological polar surface area (TPSA) is 427 Å². The van der Waals surface area contributed by atoms with Crippen LogP contribution in [0, 0.1) is 47.3 Å². The minimum absolute atomic E-state index is 0.0218. The van der Waals surface area contributed by atoms with Crippen LogP contribution in [0.15, 0.2) is 35.3 Å². The number of likely N-dealkylation sites (N-methyl/N-ethyl adjacent to an activating group) is 1. The van der Waals surface area contributed by atoms with Crippen molar-refractivity contribution in [3.8, 4) is 0 Å². The molecule has 2 aliphatic heterocycles. The second-order valence-electron chi connectivity index (χ2n) is 24.2. The Labute approximate surface area is 529 Å². The minimum Gasteiger partial charge on any atom is -0.458 e. The highest BCUT2D eigenvalue weighted by atomic mass is 16.5. The van der Waals surface area contributed by atoms with Gasteiger partial charge in [0, 0.05) is 44.6 Å². The molecule has 90 heavy (non-hydrogen) atoms. The summed E-state index contributed by atoms with van der Waals surface area (Å²) in [7, 11) is 3.17. The molecule has 1 aromatic rings. The largest absolute Gasteiger partial charge is 0.458 e. The van der Waals surface area contributed by atoms with Gasteiger partial charge in [0.25, 0.3) is 0 Å². The van der Waals surface area contributed by atoms with Gasteiger partial charge in [-0.3, -0.25) is 57.7 Å². The molecule has 1 saturated heterocycles. The number of esters is 1. The maximum absolute atomic E-state index is 14.0. The predicted molar refractivity (Wildman–Crippen MR) is 337 cm³/mol. The number of hydrogen-bond acceptors (Lipinski definition) is 19. The number of aliphatic imine (C=N–C) groups is 1. The summed E-state index contributed by atoms with van der Waals surface area (Å²) in [5.41, 5.74) is 12.0. The fourth-order valence-corrected chi connectivity index (χ4v) is 10.2. The number of nitrogens with one attached hydrogen (secondary N) is 9. The van der Waals surface area contributed by atoms with E-state index in [1.165, 1.54) is 20.9 Å². The van der Waals surface area contributed by atoms with E-state index >= 15 is 0 Å². The first kappa shape index (κ1) is 78.7. The molecule has 0 saturated carbocycles. The second-order valence-corrected chi connectivity index (χ2v) is 24.2. The number of ether oxygens (including phenoxy) is 1. The quantitative estimate of drug-likeness (QED) is 0.0401. The highest BCUT2D eigenvalue weighted by molar-refractivity contribution is 5.98. The van der Waals surface area contributed by atoms with E-state index in [0.29, 0.717) is 32.1 Å². The molecule has 8 amide bonds. The van der Waals surface area contributed by atoms with Crippen LogP contribution in [0.5, 0.6) is 0 Å². The zero-order chi connectivity index (χ0) is 68.1. The summed E-state index contributed by atoms with van der Waals surface area (Å²) < 4.78 is 5.71. The van der Waals surface area contributed by atoms with Gasteiger partial charge in [-0.25, -0.2) is 4.79 Å². The van der Waals surface area contributed by atoms with E-state index in [1.807, 2.05) is 65.0 Å². The fourth-order valence-electron chi connectivity index (χ4n) is 10.2. The summed E-state index contributed by atoms with van der Waals surface area (Å²) in [5.74, 6) is -11.6. The molecular weight excluding hydrogens is 1160 g/mol. The van der Waals surface area contributed by atoms with Crippen LogP contribution in [0.2, 0.25) is 0 Å². The molecule has 1 aromatic carbocycles. The standard InChI is InChI=1S/C42H71N9O11.C21H33N3O4/c1-10-20(4)28(17-30(53)23(7)13-14-32(43)55)38(58)49-33(21(5)11-2)31(54)15-26(19-52)37(57)51-35-25(9)62-41(61)34(22(6)12-3)50-39(59)29(16-27-18-45-42(44)47-27)48-36(56)24(8)46-40(35)60;1-5-14(2)19(18(26)12-16(13-25)20(27)23-4)24-21(28)17(22-3)11-15-9-7-6-8-10-15/h20-29,33-35,52H,10-19H2,1-9H3,(H2,43,55)(H,46,60)(H,48,56)(H,49,58)(H,50,59)(H,51,57)(H3,44,45,47);6-10,14,16-17,19,22,25H,5,11-13H2,1-4H3,(H,23,27)(H,24,28)/t20-,21-,22-,23+,24-,25-,26-,27-,28+,29-,33-,34-,35+;14-,16-,17+,19-/m00/s1. The molecule has 27 nitrogen and oxygen atoms in total. The summed E-state index contributed by atoms with van der Waals surface area (Å²) >= 11 is 0. The lowest BCUT2D eigenvalue weighted by Crippen LogP contribution is -2.59. The number of Topliss-reactive ketones (excluding diaryl/α,β-unsaturated/α-hetero) is 3. The van der Waals surface area contributed by atoms with E-state index in [4.69, 9.17) is 16.2 Å². The number of nitrogens with zero attached hydrogens (tertiary/aromatic N) is 1. The van der Waals surface area contributed by atoms with Crippen molar-refractivity contribution < 1.29 is 72.5 Å². The monoisotopic (exact) mass is 1270 g/mol. The van der Waals surface area contributed by atoms with Gasteiger partial charge < -0.3 is 74.3 Å². The van der Waals surface area contributed by atoms with Crippen LogP contribution < -0.4 is 59.3 Å². The smallest absolute Gasteiger partial charge is 0.329 e. The van der Waals surface area contributed by atoms with Gasteiger partial charge in [0.15, 0.2) is 17.5 Å². The van der Waals surface area contributed by atoms with Crippen LogP contribution in [-0.4, -0.2) is 175 Å². The number of rotatable bonds is 34. The molecule has 0 aliphatic carbocycles. The van der Waals surface area contributed by atoms with E-state index < -0.39 is 157 Å². The molecule has 0 spiro atoms. The molecule has 2 heterocycles. The normalized spacial score (nSPS) is 22.4. The Hall–Kier alpha value is -7.39. The highest BCUT2D eigenvalue weighted by Gasteiger charge is 2.41. The van der Waals surface area contributed by atoms with Crippen LogP contribution in [0.1, 0.15) is 146 Å². The SMILES string of the molecule is CC[C@H](C)[C@H](NC(=O)[C@@H](Cc1ccccc1)NC)C(=O)C[C@@H](CO)C(=O)NC.CC[C@H](C)[C@H](NC(=O)[C@H](CC(=O)[C@H](C)CCC(N)=O)[C@@H](C)CC)C(=O)C[C@@H](CO)C(=O)N[C@H]1C(=O)N[C@@H](C)C(=O)N[C@@H](C[C@H]2CN=C(N)N2)C(=O)N[C@@H]([C@@H](C)CC)C(=O)O[C@H]1C. The molecule has 0 bridgehead atoms. The molecule has 27 heteroatoms. The summed E-state index contributed by atoms with van der Waals surface area (Å²) in [4.78, 5) is 162.